The third-order valence-electron chi connectivity index (χ3n) is 2.61. The van der Waals surface area contributed by atoms with E-state index >= 15 is 0 Å². The second kappa shape index (κ2) is 6.07. The van der Waals surface area contributed by atoms with Gasteiger partial charge in [0.2, 0.25) is 0 Å². The maximum atomic E-state index is 12.0. The molecule has 0 fully saturated rings. The Hall–Kier alpha value is -1.85. The van der Waals surface area contributed by atoms with Crippen LogP contribution in [0.15, 0.2) is 58.5 Å². The van der Waals surface area contributed by atoms with E-state index in [0.29, 0.717) is 10.6 Å². The Balaban J connectivity index is 2.14. The lowest BCUT2D eigenvalue weighted by Gasteiger charge is -2.03. The standard InChI is InChI=1S/C14H13ClN2O2S/c1-11-6-8-13(9-7-11)20(18,19)17-16-10-12-4-2-3-5-14(12)15/h2-10,17H,1H3/b16-10+. The number of sulfonamides is 1. The van der Waals surface area contributed by atoms with Gasteiger partial charge in [0.1, 0.15) is 0 Å². The van der Waals surface area contributed by atoms with Crippen LogP contribution in [-0.4, -0.2) is 14.6 Å². The molecular weight excluding hydrogens is 296 g/mol. The molecule has 0 saturated heterocycles. The average molecular weight is 309 g/mol. The third kappa shape index (κ3) is 3.59. The lowest BCUT2D eigenvalue weighted by atomic mass is 10.2. The largest absolute Gasteiger partial charge is 0.276 e. The SMILES string of the molecule is Cc1ccc(S(=O)(=O)N/N=C/c2ccccc2Cl)cc1. The van der Waals surface area contributed by atoms with Crippen molar-refractivity contribution in [2.75, 3.05) is 0 Å². The molecule has 0 amide bonds. The smallest absolute Gasteiger partial charge is 0.200 e. The van der Waals surface area contributed by atoms with Gasteiger partial charge in [0.25, 0.3) is 10.0 Å². The molecule has 4 nitrogen and oxygen atoms in total. The molecule has 0 aliphatic heterocycles. The predicted octanol–water partition coefficient (Wildman–Crippen LogP) is 2.96. The lowest BCUT2D eigenvalue weighted by Crippen LogP contribution is -2.18. The van der Waals surface area contributed by atoms with Crippen molar-refractivity contribution in [2.45, 2.75) is 11.8 Å². The maximum Gasteiger partial charge on any atom is 0.276 e. The maximum absolute atomic E-state index is 12.0. The molecule has 0 bridgehead atoms. The molecule has 1 N–H and O–H groups in total. The van der Waals surface area contributed by atoms with Gasteiger partial charge in [0.15, 0.2) is 0 Å². The third-order valence-corrected chi connectivity index (χ3v) is 4.20. The molecule has 2 aromatic rings. The summed E-state index contributed by atoms with van der Waals surface area (Å²) < 4.78 is 23.9. The second-order valence-corrected chi connectivity index (χ2v) is 6.26. The summed E-state index contributed by atoms with van der Waals surface area (Å²) in [7, 11) is -3.65. The number of aryl methyl sites for hydroxylation is 1. The Kier molecular flexibility index (Phi) is 4.42. The molecule has 0 unspecified atom stereocenters. The van der Waals surface area contributed by atoms with Crippen molar-refractivity contribution in [3.63, 3.8) is 0 Å². The fourth-order valence-electron chi connectivity index (χ4n) is 1.52. The van der Waals surface area contributed by atoms with Gasteiger partial charge < -0.3 is 0 Å². The lowest BCUT2D eigenvalue weighted by molar-refractivity contribution is 0.584. The summed E-state index contributed by atoms with van der Waals surface area (Å²) in [5, 5.41) is 4.23. The van der Waals surface area contributed by atoms with Gasteiger partial charge >= 0.3 is 0 Å². The highest BCUT2D eigenvalue weighted by molar-refractivity contribution is 7.89. The van der Waals surface area contributed by atoms with Crippen LogP contribution in [0.5, 0.6) is 0 Å². The first-order valence-corrected chi connectivity index (χ1v) is 7.71. The molecular formula is C14H13ClN2O2S. The van der Waals surface area contributed by atoms with Gasteiger partial charge in [-0.1, -0.05) is 47.5 Å². The molecule has 2 rings (SSSR count). The average Bonchev–Trinajstić information content (AvgIpc) is 2.41. The highest BCUT2D eigenvalue weighted by Gasteiger charge is 2.11. The number of nitrogens with zero attached hydrogens (tertiary/aromatic N) is 1. The first kappa shape index (κ1) is 14.6. The van der Waals surface area contributed by atoms with Crippen LogP contribution in [-0.2, 0) is 10.0 Å². The second-order valence-electron chi connectivity index (χ2n) is 4.19. The van der Waals surface area contributed by atoms with Crippen LogP contribution in [0.25, 0.3) is 0 Å². The molecule has 0 radical (unpaired) electrons. The van der Waals surface area contributed by atoms with Gasteiger partial charge in [-0.2, -0.15) is 13.5 Å². The summed E-state index contributed by atoms with van der Waals surface area (Å²) in [5.41, 5.74) is 1.63. The fraction of sp³-hybridized carbons (Fsp3) is 0.0714. The van der Waals surface area contributed by atoms with Crippen LogP contribution in [0.4, 0.5) is 0 Å². The van der Waals surface area contributed by atoms with Crippen LogP contribution in [0.1, 0.15) is 11.1 Å². The minimum Gasteiger partial charge on any atom is -0.200 e. The van der Waals surface area contributed by atoms with E-state index in [1.54, 1.807) is 36.4 Å². The number of halogens is 1. The van der Waals surface area contributed by atoms with Crippen molar-refractivity contribution in [1.82, 2.24) is 4.83 Å². The molecule has 0 aliphatic rings. The molecule has 0 spiro atoms. The number of hydrogen-bond donors (Lipinski definition) is 1. The molecule has 0 heterocycles. The minimum atomic E-state index is -3.65. The monoisotopic (exact) mass is 308 g/mol. The van der Waals surface area contributed by atoms with Crippen molar-refractivity contribution in [2.24, 2.45) is 5.10 Å². The van der Waals surface area contributed by atoms with E-state index in [0.717, 1.165) is 5.56 Å². The number of benzene rings is 2. The van der Waals surface area contributed by atoms with Crippen LogP contribution >= 0.6 is 11.6 Å². The van der Waals surface area contributed by atoms with Gasteiger partial charge in [0.05, 0.1) is 11.1 Å². The Morgan fingerprint density at radius 3 is 2.40 bits per heavy atom. The first-order chi connectivity index (χ1) is 9.49. The van der Waals surface area contributed by atoms with Crippen molar-refractivity contribution >= 4 is 27.8 Å². The number of hydrogen-bond acceptors (Lipinski definition) is 3. The van der Waals surface area contributed by atoms with E-state index in [-0.39, 0.29) is 4.90 Å². The summed E-state index contributed by atoms with van der Waals surface area (Å²) in [6, 6.07) is 13.5. The van der Waals surface area contributed by atoms with Crippen LogP contribution in [0, 0.1) is 6.92 Å². The molecule has 0 atom stereocenters. The van der Waals surface area contributed by atoms with Gasteiger partial charge in [-0.15, -0.1) is 0 Å². The van der Waals surface area contributed by atoms with Gasteiger partial charge in [-0.05, 0) is 25.1 Å². The molecule has 0 saturated carbocycles. The molecule has 0 aromatic heterocycles. The van der Waals surface area contributed by atoms with E-state index in [1.807, 2.05) is 6.92 Å². The minimum absolute atomic E-state index is 0.166. The first-order valence-electron chi connectivity index (χ1n) is 5.85. The Labute approximate surface area is 123 Å². The Morgan fingerprint density at radius 1 is 1.10 bits per heavy atom. The zero-order valence-corrected chi connectivity index (χ0v) is 12.3. The topological polar surface area (TPSA) is 58.5 Å². The Morgan fingerprint density at radius 2 is 1.75 bits per heavy atom. The van der Waals surface area contributed by atoms with Crippen molar-refractivity contribution in [1.29, 1.82) is 0 Å². The van der Waals surface area contributed by atoms with Crippen LogP contribution in [0.2, 0.25) is 5.02 Å². The molecule has 0 aliphatic carbocycles. The number of nitrogens with one attached hydrogen (secondary N) is 1. The van der Waals surface area contributed by atoms with Crippen LogP contribution in [0.3, 0.4) is 0 Å². The zero-order chi connectivity index (χ0) is 14.6. The van der Waals surface area contributed by atoms with Crippen molar-refractivity contribution < 1.29 is 8.42 Å². The van der Waals surface area contributed by atoms with E-state index in [2.05, 4.69) is 9.93 Å². The summed E-state index contributed by atoms with van der Waals surface area (Å²) >= 11 is 5.94. The van der Waals surface area contributed by atoms with E-state index < -0.39 is 10.0 Å². The van der Waals surface area contributed by atoms with E-state index in [4.69, 9.17) is 11.6 Å². The van der Waals surface area contributed by atoms with E-state index in [1.165, 1.54) is 18.3 Å². The highest BCUT2D eigenvalue weighted by atomic mass is 35.5. The molecule has 2 aromatic carbocycles. The quantitative estimate of drug-likeness (QED) is 0.697. The molecule has 6 heteroatoms. The van der Waals surface area contributed by atoms with Crippen LogP contribution < -0.4 is 4.83 Å². The summed E-state index contributed by atoms with van der Waals surface area (Å²) in [4.78, 5) is 2.32. The van der Waals surface area contributed by atoms with Gasteiger partial charge in [0, 0.05) is 10.6 Å². The predicted molar refractivity (Wildman–Crippen MR) is 80.5 cm³/mol. The molecule has 104 valence electrons. The van der Waals surface area contributed by atoms with Gasteiger partial charge in [-0.25, -0.2) is 4.83 Å². The highest BCUT2D eigenvalue weighted by Crippen LogP contribution is 2.13. The zero-order valence-electron chi connectivity index (χ0n) is 10.7. The Bertz CT molecular complexity index is 725. The summed E-state index contributed by atoms with van der Waals surface area (Å²) in [6.45, 7) is 1.89. The normalized spacial score (nSPS) is 11.7. The van der Waals surface area contributed by atoms with Crippen molar-refractivity contribution in [3.05, 3.63) is 64.7 Å². The van der Waals surface area contributed by atoms with Gasteiger partial charge in [-0.3, -0.25) is 0 Å². The summed E-state index contributed by atoms with van der Waals surface area (Å²) in [5.74, 6) is 0. The van der Waals surface area contributed by atoms with Crippen molar-refractivity contribution in [3.8, 4) is 0 Å². The number of hydrazone groups is 1. The summed E-state index contributed by atoms with van der Waals surface area (Å²) in [6.07, 6.45) is 1.37. The van der Waals surface area contributed by atoms with E-state index in [9.17, 15) is 8.42 Å². The number of rotatable bonds is 4. The fourth-order valence-corrected chi connectivity index (χ4v) is 2.49. The molecule has 20 heavy (non-hydrogen) atoms.